The minimum absolute atomic E-state index is 0.00602. The van der Waals surface area contributed by atoms with Gasteiger partial charge in [-0.2, -0.15) is 0 Å². The number of benzene rings is 1. The third kappa shape index (κ3) is 2.69. The van der Waals surface area contributed by atoms with E-state index in [-0.39, 0.29) is 17.6 Å². The van der Waals surface area contributed by atoms with Crippen LogP contribution in [0.5, 0.6) is 5.75 Å². The van der Waals surface area contributed by atoms with Crippen molar-refractivity contribution in [2.75, 3.05) is 20.2 Å². The normalized spacial score (nSPS) is 15.9. The second-order valence-electron chi connectivity index (χ2n) is 5.55. The molecule has 21 heavy (non-hydrogen) atoms. The van der Waals surface area contributed by atoms with E-state index >= 15 is 0 Å². The molecule has 5 nitrogen and oxygen atoms in total. The van der Waals surface area contributed by atoms with Crippen molar-refractivity contribution < 1.29 is 14.6 Å². The van der Waals surface area contributed by atoms with E-state index in [1.165, 1.54) is 7.11 Å². The number of hydrogen-bond donors (Lipinski definition) is 1. The van der Waals surface area contributed by atoms with Gasteiger partial charge in [0.05, 0.1) is 24.2 Å². The molecule has 3 rings (SSSR count). The standard InChI is InChI=1S/C16H18N2O3/c1-10-5-12(9-18-7-11(8-18)16(20)21-2)17-15-4-3-13(19)6-14(10)15/h3-6,11,19H,7-9H2,1-2H3. The average molecular weight is 286 g/mol. The maximum atomic E-state index is 11.4. The van der Waals surface area contributed by atoms with E-state index < -0.39 is 0 Å². The fourth-order valence-electron chi connectivity index (χ4n) is 2.78. The van der Waals surface area contributed by atoms with Gasteiger partial charge in [0, 0.05) is 25.0 Å². The number of carbonyl (C=O) groups is 1. The Kier molecular flexibility index (Phi) is 3.51. The summed E-state index contributed by atoms with van der Waals surface area (Å²) in [4.78, 5) is 18.2. The van der Waals surface area contributed by atoms with Gasteiger partial charge in [0.25, 0.3) is 0 Å². The molecule has 1 aromatic carbocycles. The van der Waals surface area contributed by atoms with E-state index in [4.69, 9.17) is 4.74 Å². The van der Waals surface area contributed by atoms with Crippen molar-refractivity contribution in [3.05, 3.63) is 35.5 Å². The molecular formula is C16H18N2O3. The maximum absolute atomic E-state index is 11.4. The van der Waals surface area contributed by atoms with Crippen molar-refractivity contribution in [1.29, 1.82) is 0 Å². The molecule has 1 saturated heterocycles. The van der Waals surface area contributed by atoms with Gasteiger partial charge >= 0.3 is 5.97 Å². The second kappa shape index (κ2) is 5.33. The summed E-state index contributed by atoms with van der Waals surface area (Å²) in [6.45, 7) is 4.19. The van der Waals surface area contributed by atoms with Crippen LogP contribution in [0.4, 0.5) is 0 Å². The zero-order valence-electron chi connectivity index (χ0n) is 12.2. The maximum Gasteiger partial charge on any atom is 0.311 e. The number of fused-ring (bicyclic) bond motifs is 1. The predicted molar refractivity (Wildman–Crippen MR) is 78.9 cm³/mol. The highest BCUT2D eigenvalue weighted by Crippen LogP contribution is 2.24. The van der Waals surface area contributed by atoms with Gasteiger partial charge in [0.15, 0.2) is 0 Å². The number of ether oxygens (including phenoxy) is 1. The number of carbonyl (C=O) groups excluding carboxylic acids is 1. The van der Waals surface area contributed by atoms with Crippen LogP contribution < -0.4 is 0 Å². The van der Waals surface area contributed by atoms with Crippen molar-refractivity contribution >= 4 is 16.9 Å². The van der Waals surface area contributed by atoms with E-state index in [1.54, 1.807) is 12.1 Å². The number of methoxy groups -OCH3 is 1. The molecule has 5 heteroatoms. The molecular weight excluding hydrogens is 268 g/mol. The predicted octanol–water partition coefficient (Wildman–Crippen LogP) is 1.85. The molecule has 2 heterocycles. The molecule has 1 aromatic heterocycles. The number of likely N-dealkylation sites (tertiary alicyclic amines) is 1. The number of pyridine rings is 1. The van der Waals surface area contributed by atoms with Crippen LogP contribution in [0.1, 0.15) is 11.3 Å². The Hall–Kier alpha value is -2.14. The Bertz CT molecular complexity index is 693. The van der Waals surface area contributed by atoms with Crippen molar-refractivity contribution in [1.82, 2.24) is 9.88 Å². The van der Waals surface area contributed by atoms with Gasteiger partial charge < -0.3 is 9.84 Å². The number of rotatable bonds is 3. The Morgan fingerprint density at radius 1 is 1.43 bits per heavy atom. The molecule has 0 bridgehead atoms. The van der Waals surface area contributed by atoms with E-state index in [0.29, 0.717) is 0 Å². The Labute approximate surface area is 123 Å². The van der Waals surface area contributed by atoms with Crippen LogP contribution in [-0.4, -0.2) is 41.2 Å². The summed E-state index contributed by atoms with van der Waals surface area (Å²) in [7, 11) is 1.43. The summed E-state index contributed by atoms with van der Waals surface area (Å²) >= 11 is 0. The van der Waals surface area contributed by atoms with Gasteiger partial charge in [-0.05, 0) is 36.8 Å². The number of aromatic nitrogens is 1. The van der Waals surface area contributed by atoms with Crippen LogP contribution in [0, 0.1) is 12.8 Å². The van der Waals surface area contributed by atoms with Gasteiger partial charge in [-0.1, -0.05) is 0 Å². The van der Waals surface area contributed by atoms with Crippen molar-refractivity contribution in [2.24, 2.45) is 5.92 Å². The Balaban J connectivity index is 1.74. The smallest absolute Gasteiger partial charge is 0.311 e. The minimum Gasteiger partial charge on any atom is -0.508 e. The molecule has 0 unspecified atom stereocenters. The number of nitrogens with zero attached hydrogens (tertiary/aromatic N) is 2. The third-order valence-corrected chi connectivity index (χ3v) is 3.93. The average Bonchev–Trinajstić information content (AvgIpc) is 2.42. The molecule has 1 aliphatic heterocycles. The number of aryl methyl sites for hydroxylation is 1. The zero-order chi connectivity index (χ0) is 15.0. The van der Waals surface area contributed by atoms with Gasteiger partial charge in [-0.15, -0.1) is 0 Å². The summed E-state index contributed by atoms with van der Waals surface area (Å²) in [5.74, 6) is 0.113. The topological polar surface area (TPSA) is 62.7 Å². The highest BCUT2D eigenvalue weighted by Gasteiger charge is 2.33. The number of phenolic OH excluding ortho intramolecular Hbond substituents is 1. The van der Waals surface area contributed by atoms with Crippen LogP contribution >= 0.6 is 0 Å². The lowest BCUT2D eigenvalue weighted by molar-refractivity contribution is -0.151. The van der Waals surface area contributed by atoms with E-state index in [1.807, 2.05) is 19.1 Å². The number of esters is 1. The molecule has 0 aliphatic carbocycles. The molecule has 2 aromatic rings. The molecule has 110 valence electrons. The first kappa shape index (κ1) is 13.8. The first-order chi connectivity index (χ1) is 10.1. The molecule has 0 spiro atoms. The van der Waals surface area contributed by atoms with Crippen LogP contribution in [0.15, 0.2) is 24.3 Å². The van der Waals surface area contributed by atoms with Crippen molar-refractivity contribution in [3.8, 4) is 5.75 Å². The van der Waals surface area contributed by atoms with Crippen LogP contribution in [0.2, 0.25) is 0 Å². The summed E-state index contributed by atoms with van der Waals surface area (Å²) in [5.41, 5.74) is 2.96. The van der Waals surface area contributed by atoms with E-state index in [9.17, 15) is 9.90 Å². The Morgan fingerprint density at radius 3 is 2.90 bits per heavy atom. The fourth-order valence-corrected chi connectivity index (χ4v) is 2.78. The van der Waals surface area contributed by atoms with Gasteiger partial charge in [0.1, 0.15) is 5.75 Å². The molecule has 0 amide bonds. The first-order valence-corrected chi connectivity index (χ1v) is 6.96. The lowest BCUT2D eigenvalue weighted by Crippen LogP contribution is -2.50. The summed E-state index contributed by atoms with van der Waals surface area (Å²) in [6.07, 6.45) is 0. The quantitative estimate of drug-likeness (QED) is 0.873. The molecule has 1 N–H and O–H groups in total. The van der Waals surface area contributed by atoms with Crippen molar-refractivity contribution in [2.45, 2.75) is 13.5 Å². The van der Waals surface area contributed by atoms with Crippen LogP contribution in [0.3, 0.4) is 0 Å². The molecule has 0 saturated carbocycles. The van der Waals surface area contributed by atoms with Gasteiger partial charge in [-0.3, -0.25) is 14.7 Å². The molecule has 1 fully saturated rings. The molecule has 1 aliphatic rings. The monoisotopic (exact) mass is 286 g/mol. The van der Waals surface area contributed by atoms with Crippen molar-refractivity contribution in [3.63, 3.8) is 0 Å². The number of aromatic hydroxyl groups is 1. The minimum atomic E-state index is -0.135. The van der Waals surface area contributed by atoms with E-state index in [2.05, 4.69) is 9.88 Å². The van der Waals surface area contributed by atoms with Gasteiger partial charge in [-0.25, -0.2) is 0 Å². The zero-order valence-corrected chi connectivity index (χ0v) is 12.2. The van der Waals surface area contributed by atoms with Gasteiger partial charge in [0.2, 0.25) is 0 Å². The summed E-state index contributed by atoms with van der Waals surface area (Å²) in [5, 5.41) is 10.5. The second-order valence-corrected chi connectivity index (χ2v) is 5.55. The highest BCUT2D eigenvalue weighted by atomic mass is 16.5. The molecule has 0 atom stereocenters. The highest BCUT2D eigenvalue weighted by molar-refractivity contribution is 5.83. The first-order valence-electron chi connectivity index (χ1n) is 6.96. The fraction of sp³-hybridized carbons (Fsp3) is 0.375. The van der Waals surface area contributed by atoms with Crippen LogP contribution in [0.25, 0.3) is 10.9 Å². The lowest BCUT2D eigenvalue weighted by atomic mass is 10.00. The Morgan fingerprint density at radius 2 is 2.19 bits per heavy atom. The SMILES string of the molecule is COC(=O)C1CN(Cc2cc(C)c3cc(O)ccc3n2)C1. The molecule has 0 radical (unpaired) electrons. The summed E-state index contributed by atoms with van der Waals surface area (Å²) < 4.78 is 4.74. The summed E-state index contributed by atoms with van der Waals surface area (Å²) in [6, 6.07) is 7.25. The largest absolute Gasteiger partial charge is 0.508 e. The van der Waals surface area contributed by atoms with Crippen LogP contribution in [-0.2, 0) is 16.1 Å². The third-order valence-electron chi connectivity index (χ3n) is 3.93. The van der Waals surface area contributed by atoms with E-state index in [0.717, 1.165) is 41.8 Å². The number of phenols is 1. The lowest BCUT2D eigenvalue weighted by Gasteiger charge is -2.37. The number of hydrogen-bond acceptors (Lipinski definition) is 5.